The van der Waals surface area contributed by atoms with E-state index in [9.17, 15) is 13.2 Å². The molecule has 0 aliphatic heterocycles. The zero-order chi connectivity index (χ0) is 17.3. The Labute approximate surface area is 138 Å². The number of benzene rings is 1. The Kier molecular flexibility index (Phi) is 8.22. The van der Waals surface area contributed by atoms with Crippen molar-refractivity contribution in [1.29, 1.82) is 0 Å². The van der Waals surface area contributed by atoms with E-state index in [0.717, 1.165) is 6.26 Å². The predicted octanol–water partition coefficient (Wildman–Crippen LogP) is 1.61. The summed E-state index contributed by atoms with van der Waals surface area (Å²) in [5.74, 6) is -0.227. The maximum Gasteiger partial charge on any atom is 0.254 e. The number of rotatable bonds is 10. The van der Waals surface area contributed by atoms with E-state index in [1.165, 1.54) is 12.1 Å². The van der Waals surface area contributed by atoms with Gasteiger partial charge in [0.05, 0.1) is 18.1 Å². The molecule has 0 saturated carbocycles. The minimum Gasteiger partial charge on any atom is -0.380 e. The summed E-state index contributed by atoms with van der Waals surface area (Å²) in [6, 6.07) is 6.08. The van der Waals surface area contributed by atoms with Gasteiger partial charge >= 0.3 is 0 Å². The largest absolute Gasteiger partial charge is 0.380 e. The van der Waals surface area contributed by atoms with Crippen LogP contribution in [0, 0.1) is 0 Å². The number of hydrogen-bond donors (Lipinski definition) is 0. The highest BCUT2D eigenvalue weighted by Crippen LogP contribution is 2.13. The standard InChI is InChI=1S/C16H25NO5S/c1-4-21-11-9-17(10-12-22-5-2)16(18)14-7-6-8-15(13-14)23(3,19)20/h6-8,13H,4-5,9-12H2,1-3H3. The van der Waals surface area contributed by atoms with Gasteiger partial charge in [0.15, 0.2) is 9.84 Å². The van der Waals surface area contributed by atoms with E-state index < -0.39 is 9.84 Å². The predicted molar refractivity (Wildman–Crippen MR) is 88.4 cm³/mol. The van der Waals surface area contributed by atoms with Crippen molar-refractivity contribution in [3.05, 3.63) is 29.8 Å². The monoisotopic (exact) mass is 343 g/mol. The highest BCUT2D eigenvalue weighted by atomic mass is 32.2. The molecule has 0 heterocycles. The van der Waals surface area contributed by atoms with E-state index in [4.69, 9.17) is 9.47 Å². The van der Waals surface area contributed by atoms with Crippen LogP contribution in [0.1, 0.15) is 24.2 Å². The second kappa shape index (κ2) is 9.64. The van der Waals surface area contributed by atoms with Gasteiger partial charge in [-0.25, -0.2) is 8.42 Å². The average molecular weight is 343 g/mol. The SMILES string of the molecule is CCOCCN(CCOCC)C(=O)c1cccc(S(C)(=O)=O)c1. The Morgan fingerprint density at radius 2 is 1.65 bits per heavy atom. The van der Waals surface area contributed by atoms with Gasteiger partial charge in [-0.1, -0.05) is 6.07 Å². The highest BCUT2D eigenvalue weighted by Gasteiger charge is 2.17. The van der Waals surface area contributed by atoms with Gasteiger partial charge in [0.25, 0.3) is 5.91 Å². The molecule has 1 amide bonds. The van der Waals surface area contributed by atoms with Crippen molar-refractivity contribution in [2.24, 2.45) is 0 Å². The molecule has 7 heteroatoms. The van der Waals surface area contributed by atoms with Crippen LogP contribution >= 0.6 is 0 Å². The van der Waals surface area contributed by atoms with Gasteiger partial charge in [0.1, 0.15) is 0 Å². The van der Waals surface area contributed by atoms with Crippen LogP contribution in [-0.2, 0) is 19.3 Å². The smallest absolute Gasteiger partial charge is 0.254 e. The fourth-order valence-electron chi connectivity index (χ4n) is 2.00. The minimum atomic E-state index is -3.35. The molecule has 0 radical (unpaired) electrons. The summed E-state index contributed by atoms with van der Waals surface area (Å²) in [4.78, 5) is 14.4. The van der Waals surface area contributed by atoms with Crippen LogP contribution < -0.4 is 0 Å². The lowest BCUT2D eigenvalue weighted by Crippen LogP contribution is -2.36. The lowest BCUT2D eigenvalue weighted by atomic mass is 10.2. The highest BCUT2D eigenvalue weighted by molar-refractivity contribution is 7.90. The molecule has 0 N–H and O–H groups in total. The Morgan fingerprint density at radius 3 is 2.13 bits per heavy atom. The van der Waals surface area contributed by atoms with Gasteiger partial charge in [0.2, 0.25) is 0 Å². The Hall–Kier alpha value is -1.44. The maximum absolute atomic E-state index is 12.6. The summed E-state index contributed by atoms with van der Waals surface area (Å²) in [5, 5.41) is 0. The number of carbonyl (C=O) groups excluding carboxylic acids is 1. The van der Waals surface area contributed by atoms with E-state index in [0.29, 0.717) is 45.1 Å². The van der Waals surface area contributed by atoms with Crippen molar-refractivity contribution in [2.45, 2.75) is 18.7 Å². The van der Waals surface area contributed by atoms with Crippen LogP contribution in [0.25, 0.3) is 0 Å². The van der Waals surface area contributed by atoms with Crippen LogP contribution in [0.2, 0.25) is 0 Å². The fraction of sp³-hybridized carbons (Fsp3) is 0.562. The van der Waals surface area contributed by atoms with Crippen LogP contribution in [0.5, 0.6) is 0 Å². The molecule has 0 saturated heterocycles. The summed E-state index contributed by atoms with van der Waals surface area (Å²) >= 11 is 0. The Morgan fingerprint density at radius 1 is 1.09 bits per heavy atom. The quantitative estimate of drug-likeness (QED) is 0.604. The maximum atomic E-state index is 12.6. The van der Waals surface area contributed by atoms with Crippen molar-refractivity contribution in [2.75, 3.05) is 45.8 Å². The third-order valence-electron chi connectivity index (χ3n) is 3.22. The zero-order valence-electron chi connectivity index (χ0n) is 13.9. The van der Waals surface area contributed by atoms with Crippen LogP contribution in [0.3, 0.4) is 0 Å². The van der Waals surface area contributed by atoms with Gasteiger partial charge in [0, 0.05) is 38.1 Å². The summed E-state index contributed by atoms with van der Waals surface area (Å²) in [5.41, 5.74) is 0.348. The third-order valence-corrected chi connectivity index (χ3v) is 4.33. The third kappa shape index (κ3) is 6.68. The molecule has 0 aliphatic rings. The molecule has 0 fully saturated rings. The van der Waals surface area contributed by atoms with Crippen molar-refractivity contribution in [3.63, 3.8) is 0 Å². The topological polar surface area (TPSA) is 72.9 Å². The molecule has 0 spiro atoms. The second-order valence-corrected chi connectivity index (χ2v) is 7.00. The summed E-state index contributed by atoms with van der Waals surface area (Å²) < 4.78 is 33.9. The van der Waals surface area contributed by atoms with Crippen molar-refractivity contribution in [3.8, 4) is 0 Å². The summed E-state index contributed by atoms with van der Waals surface area (Å²) in [7, 11) is -3.35. The Balaban J connectivity index is 2.89. The first-order valence-corrected chi connectivity index (χ1v) is 9.54. The zero-order valence-corrected chi connectivity index (χ0v) is 14.8. The van der Waals surface area contributed by atoms with Gasteiger partial charge in [-0.05, 0) is 32.0 Å². The lowest BCUT2D eigenvalue weighted by Gasteiger charge is -2.22. The first-order valence-electron chi connectivity index (χ1n) is 7.65. The van der Waals surface area contributed by atoms with E-state index in [1.54, 1.807) is 17.0 Å². The van der Waals surface area contributed by atoms with Gasteiger partial charge in [-0.3, -0.25) is 4.79 Å². The molecule has 130 valence electrons. The van der Waals surface area contributed by atoms with Crippen molar-refractivity contribution < 1.29 is 22.7 Å². The molecule has 23 heavy (non-hydrogen) atoms. The first-order chi connectivity index (χ1) is 10.9. The number of sulfone groups is 1. The lowest BCUT2D eigenvalue weighted by molar-refractivity contribution is 0.0550. The normalized spacial score (nSPS) is 11.4. The van der Waals surface area contributed by atoms with Gasteiger partial charge < -0.3 is 14.4 Å². The Bertz CT molecular complexity index is 590. The summed E-state index contributed by atoms with van der Waals surface area (Å²) in [6.07, 6.45) is 1.12. The molecule has 0 unspecified atom stereocenters. The van der Waals surface area contributed by atoms with E-state index in [-0.39, 0.29) is 10.8 Å². The van der Waals surface area contributed by atoms with Crippen LogP contribution in [0.15, 0.2) is 29.2 Å². The number of hydrogen-bond acceptors (Lipinski definition) is 5. The van der Waals surface area contributed by atoms with E-state index >= 15 is 0 Å². The van der Waals surface area contributed by atoms with E-state index in [2.05, 4.69) is 0 Å². The van der Waals surface area contributed by atoms with Gasteiger partial charge in [-0.2, -0.15) is 0 Å². The molecule has 0 bridgehead atoms. The van der Waals surface area contributed by atoms with E-state index in [1.807, 2.05) is 13.8 Å². The summed E-state index contributed by atoms with van der Waals surface area (Å²) in [6.45, 7) is 6.67. The van der Waals surface area contributed by atoms with Crippen LogP contribution in [-0.4, -0.2) is 65.0 Å². The molecule has 1 aromatic carbocycles. The minimum absolute atomic E-state index is 0.137. The number of nitrogens with zero attached hydrogens (tertiary/aromatic N) is 1. The van der Waals surface area contributed by atoms with Gasteiger partial charge in [-0.15, -0.1) is 0 Å². The molecule has 0 aliphatic carbocycles. The molecule has 1 aromatic rings. The van der Waals surface area contributed by atoms with Crippen molar-refractivity contribution in [1.82, 2.24) is 4.90 Å². The van der Waals surface area contributed by atoms with Crippen LogP contribution in [0.4, 0.5) is 0 Å². The second-order valence-electron chi connectivity index (χ2n) is 4.99. The van der Waals surface area contributed by atoms with Crippen molar-refractivity contribution >= 4 is 15.7 Å². The molecule has 0 atom stereocenters. The molecular formula is C16H25NO5S. The fourth-order valence-corrected chi connectivity index (χ4v) is 2.66. The number of carbonyl (C=O) groups is 1. The number of ether oxygens (including phenoxy) is 2. The average Bonchev–Trinajstić information content (AvgIpc) is 2.52. The first kappa shape index (κ1) is 19.6. The number of amides is 1. The molecule has 6 nitrogen and oxygen atoms in total. The molecular weight excluding hydrogens is 318 g/mol. The molecule has 0 aromatic heterocycles. The molecule has 1 rings (SSSR count).